The van der Waals surface area contributed by atoms with Crippen LogP contribution in [0.5, 0.6) is 34.5 Å². The zero-order valence-corrected chi connectivity index (χ0v) is 24.4. The third kappa shape index (κ3) is 5.51. The third-order valence-corrected chi connectivity index (χ3v) is 7.86. The summed E-state index contributed by atoms with van der Waals surface area (Å²) in [5.74, 6) is -2.54. The molecule has 1 fully saturated rings. The van der Waals surface area contributed by atoms with Crippen LogP contribution in [0.1, 0.15) is 23.5 Å². The molecule has 0 unspecified atom stereocenters. The number of amides is 1. The highest BCUT2D eigenvalue weighted by molar-refractivity contribution is 5.94. The lowest BCUT2D eigenvalue weighted by Gasteiger charge is -2.33. The fourth-order valence-electron chi connectivity index (χ4n) is 5.49. The Morgan fingerprint density at radius 3 is 2.09 bits per heavy atom. The molecule has 0 spiro atoms. The molecule has 11 heteroatoms. The molecule has 226 valence electrons. The number of aromatic hydroxyl groups is 3. The van der Waals surface area contributed by atoms with E-state index in [-0.39, 0.29) is 34.6 Å². The summed E-state index contributed by atoms with van der Waals surface area (Å²) in [6.07, 6.45) is -0.172. The van der Waals surface area contributed by atoms with Crippen LogP contribution in [0.3, 0.4) is 0 Å². The molecule has 0 aliphatic carbocycles. The molecule has 43 heavy (non-hydrogen) atoms. The predicted molar refractivity (Wildman–Crippen MR) is 160 cm³/mol. The van der Waals surface area contributed by atoms with Crippen LogP contribution in [0.4, 0.5) is 0 Å². The quantitative estimate of drug-likeness (QED) is 0.259. The zero-order valence-electron chi connectivity index (χ0n) is 24.4. The monoisotopic (exact) mass is 590 g/mol. The van der Waals surface area contributed by atoms with Gasteiger partial charge in [-0.1, -0.05) is 30.3 Å². The first-order chi connectivity index (χ1) is 20.7. The molecule has 3 N–H and O–H groups in total. The summed E-state index contributed by atoms with van der Waals surface area (Å²) < 4.78 is 22.8. The Bertz CT molecular complexity index is 1690. The van der Waals surface area contributed by atoms with Gasteiger partial charge in [-0.2, -0.15) is 0 Å². The van der Waals surface area contributed by atoms with Crippen LogP contribution >= 0.6 is 0 Å². The van der Waals surface area contributed by atoms with Crippen LogP contribution in [-0.4, -0.2) is 85.6 Å². The third-order valence-electron chi connectivity index (χ3n) is 7.86. The minimum atomic E-state index is -0.982. The number of hydrogen-bond donors (Lipinski definition) is 3. The van der Waals surface area contributed by atoms with Gasteiger partial charge in [-0.15, -0.1) is 0 Å². The summed E-state index contributed by atoms with van der Waals surface area (Å²) in [4.78, 5) is 31.0. The minimum absolute atomic E-state index is 0.0445. The molecule has 1 aromatic heterocycles. The Kier molecular flexibility index (Phi) is 8.36. The molecule has 1 atom stereocenters. The van der Waals surface area contributed by atoms with Crippen LogP contribution < -0.4 is 19.6 Å². The normalized spacial score (nSPS) is 14.5. The summed E-state index contributed by atoms with van der Waals surface area (Å²) in [5, 5.41) is 32.7. The second-order valence-corrected chi connectivity index (χ2v) is 10.4. The molecule has 4 aromatic rings. The van der Waals surface area contributed by atoms with Gasteiger partial charge in [0.05, 0.1) is 21.3 Å². The number of rotatable bonds is 8. The molecule has 1 aliphatic rings. The van der Waals surface area contributed by atoms with E-state index < -0.39 is 28.6 Å². The average molecular weight is 591 g/mol. The van der Waals surface area contributed by atoms with Gasteiger partial charge >= 0.3 is 0 Å². The van der Waals surface area contributed by atoms with Crippen LogP contribution in [0.25, 0.3) is 22.3 Å². The van der Waals surface area contributed by atoms with E-state index in [0.29, 0.717) is 54.6 Å². The standard InChI is InChI=1S/C32H34N2O9/c1-33-10-12-34(13-11-33)25(36)16-20(19-14-23(40-2)31(42-4)24(15-19)41-3)26-28(37)30(39)29(38)27-21(35)17-22(43-32(26)27)18-8-6-5-7-9-18/h5-9,14-15,17,20,37-39H,10-13,16H2,1-4H3/t20-/m0/s1. The van der Waals surface area contributed by atoms with Crippen LogP contribution in [0, 0.1) is 0 Å². The summed E-state index contributed by atoms with van der Waals surface area (Å²) in [7, 11) is 6.35. The lowest BCUT2D eigenvalue weighted by Crippen LogP contribution is -2.47. The molecule has 5 rings (SSSR count). The SMILES string of the molecule is COc1cc([C@H](CC(=O)N2CCN(C)CC2)c2c(O)c(O)c(O)c3c(=O)cc(-c4ccccc4)oc23)cc(OC)c1OC. The van der Waals surface area contributed by atoms with Crippen molar-refractivity contribution >= 4 is 16.9 Å². The number of nitrogens with zero attached hydrogens (tertiary/aromatic N) is 2. The van der Waals surface area contributed by atoms with E-state index in [2.05, 4.69) is 4.90 Å². The Balaban J connectivity index is 1.79. The summed E-state index contributed by atoms with van der Waals surface area (Å²) in [6, 6.07) is 13.3. The van der Waals surface area contributed by atoms with E-state index in [1.165, 1.54) is 27.4 Å². The first-order valence-corrected chi connectivity index (χ1v) is 13.7. The highest BCUT2D eigenvalue weighted by Gasteiger charge is 2.33. The molecule has 1 aliphatic heterocycles. The lowest BCUT2D eigenvalue weighted by atomic mass is 9.85. The first-order valence-electron chi connectivity index (χ1n) is 13.7. The molecule has 2 heterocycles. The van der Waals surface area contributed by atoms with Gasteiger partial charge in [0.1, 0.15) is 16.7 Å². The fraction of sp³-hybridized carbons (Fsp3) is 0.312. The molecular weight excluding hydrogens is 556 g/mol. The number of hydrogen-bond acceptors (Lipinski definition) is 10. The van der Waals surface area contributed by atoms with Gasteiger partial charge in [0, 0.05) is 55.7 Å². The van der Waals surface area contributed by atoms with Crippen molar-refractivity contribution in [3.8, 4) is 45.8 Å². The van der Waals surface area contributed by atoms with E-state index in [4.69, 9.17) is 18.6 Å². The van der Waals surface area contributed by atoms with Crippen molar-refractivity contribution < 1.29 is 38.7 Å². The number of phenols is 3. The van der Waals surface area contributed by atoms with Crippen LogP contribution in [-0.2, 0) is 4.79 Å². The Morgan fingerprint density at radius 1 is 0.884 bits per heavy atom. The van der Waals surface area contributed by atoms with Crippen molar-refractivity contribution in [3.63, 3.8) is 0 Å². The van der Waals surface area contributed by atoms with Gasteiger partial charge in [-0.05, 0) is 24.7 Å². The number of fused-ring (bicyclic) bond motifs is 1. The van der Waals surface area contributed by atoms with Gasteiger partial charge in [-0.3, -0.25) is 9.59 Å². The van der Waals surface area contributed by atoms with Gasteiger partial charge < -0.3 is 43.7 Å². The van der Waals surface area contributed by atoms with Crippen molar-refractivity contribution in [3.05, 3.63) is 69.9 Å². The maximum Gasteiger partial charge on any atom is 0.223 e. The Labute approximate surface area is 248 Å². The summed E-state index contributed by atoms with van der Waals surface area (Å²) in [6.45, 7) is 2.42. The number of phenolic OH excluding ortho intramolecular Hbond substituents is 3. The number of carbonyl (C=O) groups is 1. The van der Waals surface area contributed by atoms with Crippen molar-refractivity contribution in [2.24, 2.45) is 0 Å². The molecule has 0 bridgehead atoms. The maximum absolute atomic E-state index is 13.8. The minimum Gasteiger partial charge on any atom is -0.504 e. The largest absolute Gasteiger partial charge is 0.504 e. The van der Waals surface area contributed by atoms with E-state index in [0.717, 1.165) is 0 Å². The van der Waals surface area contributed by atoms with Crippen molar-refractivity contribution in [1.82, 2.24) is 9.80 Å². The highest BCUT2D eigenvalue weighted by Crippen LogP contribution is 2.51. The van der Waals surface area contributed by atoms with E-state index >= 15 is 0 Å². The molecule has 11 nitrogen and oxygen atoms in total. The van der Waals surface area contributed by atoms with E-state index in [1.807, 2.05) is 13.1 Å². The first kappa shape index (κ1) is 29.6. The van der Waals surface area contributed by atoms with Gasteiger partial charge in [-0.25, -0.2) is 0 Å². The summed E-state index contributed by atoms with van der Waals surface area (Å²) >= 11 is 0. The number of methoxy groups -OCH3 is 3. The van der Waals surface area contributed by atoms with Gasteiger partial charge in [0.15, 0.2) is 28.4 Å². The number of benzene rings is 3. The van der Waals surface area contributed by atoms with Crippen molar-refractivity contribution in [2.45, 2.75) is 12.3 Å². The van der Waals surface area contributed by atoms with Crippen LogP contribution in [0.2, 0.25) is 0 Å². The molecule has 0 saturated carbocycles. The number of ether oxygens (including phenoxy) is 3. The lowest BCUT2D eigenvalue weighted by molar-refractivity contribution is -0.133. The predicted octanol–water partition coefficient (Wildman–Crippen LogP) is 3.90. The molecule has 0 radical (unpaired) electrons. The van der Waals surface area contributed by atoms with Crippen molar-refractivity contribution in [2.75, 3.05) is 54.6 Å². The molecule has 1 saturated heterocycles. The molecule has 1 amide bonds. The average Bonchev–Trinajstić information content (AvgIpc) is 3.02. The smallest absolute Gasteiger partial charge is 0.223 e. The number of piperazine rings is 1. The topological polar surface area (TPSA) is 142 Å². The maximum atomic E-state index is 13.8. The van der Waals surface area contributed by atoms with E-state index in [9.17, 15) is 24.9 Å². The number of carbonyl (C=O) groups excluding carboxylic acids is 1. The van der Waals surface area contributed by atoms with Crippen molar-refractivity contribution in [1.29, 1.82) is 0 Å². The Hall–Kier alpha value is -4.90. The zero-order chi connectivity index (χ0) is 30.8. The molecule has 3 aromatic carbocycles. The highest BCUT2D eigenvalue weighted by atomic mass is 16.5. The van der Waals surface area contributed by atoms with E-state index in [1.54, 1.807) is 41.3 Å². The Morgan fingerprint density at radius 2 is 1.51 bits per heavy atom. The second kappa shape index (κ2) is 12.1. The fourth-order valence-corrected chi connectivity index (χ4v) is 5.49. The molecular formula is C32H34N2O9. The van der Waals surface area contributed by atoms with Gasteiger partial charge in [0.2, 0.25) is 17.4 Å². The summed E-state index contributed by atoms with van der Waals surface area (Å²) in [5.41, 5.74) is 0.188. The van der Waals surface area contributed by atoms with Gasteiger partial charge in [0.25, 0.3) is 0 Å². The van der Waals surface area contributed by atoms with Crippen LogP contribution in [0.15, 0.2) is 57.7 Å². The second-order valence-electron chi connectivity index (χ2n) is 10.4. The number of likely N-dealkylation sites (N-methyl/N-ethyl adjacent to an activating group) is 1.